The number of nitrogens with two attached hydrogens (primary N) is 1. The fourth-order valence-electron chi connectivity index (χ4n) is 1.93. The summed E-state index contributed by atoms with van der Waals surface area (Å²) in [7, 11) is 5.61. The highest BCUT2D eigenvalue weighted by Crippen LogP contribution is 2.41. The average molecular weight is 286 g/mol. The maximum Gasteiger partial charge on any atom is 0.456 e. The van der Waals surface area contributed by atoms with Gasteiger partial charge in [0.25, 0.3) is 0 Å². The Morgan fingerprint density at radius 2 is 2.05 bits per heavy atom. The summed E-state index contributed by atoms with van der Waals surface area (Å²) in [6, 6.07) is 6.36. The van der Waals surface area contributed by atoms with Crippen molar-refractivity contribution >= 4 is 19.1 Å². The molecule has 8 heteroatoms. The summed E-state index contributed by atoms with van der Waals surface area (Å²) in [6.07, 6.45) is -5.28. The summed E-state index contributed by atoms with van der Waals surface area (Å²) in [4.78, 5) is 3.66. The molecule has 1 heterocycles. The fourth-order valence-corrected chi connectivity index (χ4v) is 1.93. The summed E-state index contributed by atoms with van der Waals surface area (Å²) >= 11 is 0. The third-order valence-electron chi connectivity index (χ3n) is 3.12. The lowest BCUT2D eigenvalue weighted by Crippen LogP contribution is -2.59. The number of hydrogen-bond donors (Lipinski definition) is 1. The summed E-state index contributed by atoms with van der Waals surface area (Å²) in [5.41, 5.74) is 4.83. The van der Waals surface area contributed by atoms with Gasteiger partial charge in [0.05, 0.1) is 6.61 Å². The van der Waals surface area contributed by atoms with Crippen LogP contribution < -0.4 is 11.2 Å². The van der Waals surface area contributed by atoms with E-state index in [1.165, 1.54) is 13.0 Å². The maximum absolute atomic E-state index is 13.8. The molecule has 0 saturated heterocycles. The Balaban J connectivity index is 2.44. The number of ether oxygens (including phenoxy) is 1. The summed E-state index contributed by atoms with van der Waals surface area (Å²) in [6.45, 7) is 0.887. The third-order valence-corrected chi connectivity index (χ3v) is 3.12. The van der Waals surface area contributed by atoms with Crippen LogP contribution in [0.2, 0.25) is 0 Å². The molecule has 3 nitrogen and oxygen atoms in total. The standard InChI is InChI=1S/C12H11BF4N2O/c1-10(7-3-2-4-8(13)5-7)6-20-11(14,9(18)19-10)12(15,16)17/h2-5H,6H2,1H3,(H2,18,19). The zero-order valence-corrected chi connectivity index (χ0v) is 10.5. The topological polar surface area (TPSA) is 47.6 Å². The SMILES string of the molecule is [B]c1cccc(C2(C)COC(F)(C(F)(F)F)C(N)=N2)c1. The fraction of sp³-hybridized carbons (Fsp3) is 0.417. The molecule has 106 valence electrons. The molecule has 0 amide bonds. The van der Waals surface area contributed by atoms with Gasteiger partial charge in [0, 0.05) is 0 Å². The van der Waals surface area contributed by atoms with Crippen molar-refractivity contribution in [3.05, 3.63) is 29.8 Å². The van der Waals surface area contributed by atoms with Crippen LogP contribution in [0.15, 0.2) is 29.3 Å². The molecule has 2 rings (SSSR count). The lowest BCUT2D eigenvalue weighted by atomic mass is 9.86. The minimum absolute atomic E-state index is 0.408. The van der Waals surface area contributed by atoms with E-state index in [0.29, 0.717) is 11.0 Å². The second-order valence-corrected chi connectivity index (χ2v) is 4.78. The van der Waals surface area contributed by atoms with Gasteiger partial charge in [0.2, 0.25) is 0 Å². The number of alkyl halides is 4. The van der Waals surface area contributed by atoms with Crippen LogP contribution in [0.25, 0.3) is 0 Å². The number of nitrogens with zero attached hydrogens (tertiary/aromatic N) is 1. The van der Waals surface area contributed by atoms with E-state index in [1.54, 1.807) is 18.2 Å². The molecule has 2 unspecified atom stereocenters. The van der Waals surface area contributed by atoms with E-state index >= 15 is 0 Å². The Labute approximate surface area is 114 Å². The smallest absolute Gasteiger partial charge is 0.382 e. The van der Waals surface area contributed by atoms with Crippen LogP contribution >= 0.6 is 0 Å². The van der Waals surface area contributed by atoms with Gasteiger partial charge in [-0.3, -0.25) is 4.99 Å². The Bertz CT molecular complexity index is 563. The van der Waals surface area contributed by atoms with Crippen LogP contribution in [0.3, 0.4) is 0 Å². The van der Waals surface area contributed by atoms with Crippen molar-refractivity contribution in [1.82, 2.24) is 0 Å². The quantitative estimate of drug-likeness (QED) is 0.625. The summed E-state index contributed by atoms with van der Waals surface area (Å²) < 4.78 is 56.0. The van der Waals surface area contributed by atoms with Crippen LogP contribution in [0, 0.1) is 0 Å². The van der Waals surface area contributed by atoms with Gasteiger partial charge in [-0.15, -0.1) is 0 Å². The Kier molecular flexibility index (Phi) is 3.32. The predicted molar refractivity (Wildman–Crippen MR) is 66.7 cm³/mol. The molecule has 0 spiro atoms. The zero-order valence-electron chi connectivity index (χ0n) is 10.5. The van der Waals surface area contributed by atoms with E-state index < -0.39 is 30.0 Å². The molecular weight excluding hydrogens is 275 g/mol. The van der Waals surface area contributed by atoms with E-state index in [2.05, 4.69) is 9.73 Å². The second-order valence-electron chi connectivity index (χ2n) is 4.78. The van der Waals surface area contributed by atoms with Gasteiger partial charge in [-0.2, -0.15) is 17.6 Å². The molecule has 20 heavy (non-hydrogen) atoms. The Hall–Kier alpha value is -1.57. The van der Waals surface area contributed by atoms with E-state index in [9.17, 15) is 17.6 Å². The lowest BCUT2D eigenvalue weighted by molar-refractivity contribution is -0.306. The van der Waals surface area contributed by atoms with Gasteiger partial charge in [0.1, 0.15) is 13.4 Å². The van der Waals surface area contributed by atoms with Crippen LogP contribution in [-0.2, 0) is 10.3 Å². The molecular formula is C12H11BF4N2O. The number of hydrogen-bond acceptors (Lipinski definition) is 3. The molecule has 0 saturated carbocycles. The third kappa shape index (κ3) is 2.28. The number of benzene rings is 1. The first kappa shape index (κ1) is 14.8. The molecule has 0 fully saturated rings. The molecule has 0 bridgehead atoms. The van der Waals surface area contributed by atoms with Crippen molar-refractivity contribution in [2.24, 2.45) is 10.7 Å². The van der Waals surface area contributed by atoms with E-state index in [4.69, 9.17) is 13.6 Å². The first-order chi connectivity index (χ1) is 9.08. The van der Waals surface area contributed by atoms with Gasteiger partial charge < -0.3 is 10.5 Å². The summed E-state index contributed by atoms with van der Waals surface area (Å²) in [5.74, 6) is -5.30. The van der Waals surface area contributed by atoms with E-state index in [0.717, 1.165) is 0 Å². The van der Waals surface area contributed by atoms with Crippen molar-refractivity contribution in [3.63, 3.8) is 0 Å². The van der Waals surface area contributed by atoms with Gasteiger partial charge in [0.15, 0.2) is 5.84 Å². The summed E-state index contributed by atoms with van der Waals surface area (Å²) in [5, 5.41) is 0. The zero-order chi connectivity index (χ0) is 15.2. The average Bonchev–Trinajstić information content (AvgIpc) is 2.33. The molecule has 2 N–H and O–H groups in total. The van der Waals surface area contributed by atoms with Crippen LogP contribution in [0.5, 0.6) is 0 Å². The molecule has 1 aliphatic rings. The van der Waals surface area contributed by atoms with Crippen LogP contribution in [-0.4, -0.2) is 32.3 Å². The molecule has 0 aliphatic carbocycles. The van der Waals surface area contributed by atoms with Crippen LogP contribution in [0.1, 0.15) is 12.5 Å². The monoisotopic (exact) mass is 286 g/mol. The van der Waals surface area contributed by atoms with Crippen molar-refractivity contribution < 1.29 is 22.3 Å². The highest BCUT2D eigenvalue weighted by Gasteiger charge is 2.63. The van der Waals surface area contributed by atoms with E-state index in [-0.39, 0.29) is 0 Å². The second kappa shape index (κ2) is 4.48. The van der Waals surface area contributed by atoms with Gasteiger partial charge in [-0.05, 0) is 12.5 Å². The molecule has 1 aromatic rings. The maximum atomic E-state index is 13.8. The highest BCUT2D eigenvalue weighted by molar-refractivity contribution is 6.32. The normalized spacial score (nSPS) is 30.9. The number of amidine groups is 1. The number of rotatable bonds is 1. The molecule has 2 radical (unpaired) electrons. The molecule has 2 atom stereocenters. The number of halogens is 4. The van der Waals surface area contributed by atoms with Crippen molar-refractivity contribution in [2.75, 3.05) is 6.61 Å². The molecule has 1 aliphatic heterocycles. The van der Waals surface area contributed by atoms with Crippen molar-refractivity contribution in [2.45, 2.75) is 24.5 Å². The first-order valence-corrected chi connectivity index (χ1v) is 5.70. The Morgan fingerprint density at radius 3 is 2.55 bits per heavy atom. The van der Waals surface area contributed by atoms with Crippen LogP contribution in [0.4, 0.5) is 17.6 Å². The van der Waals surface area contributed by atoms with Gasteiger partial charge in [-0.25, -0.2) is 0 Å². The molecule has 0 aromatic heterocycles. The van der Waals surface area contributed by atoms with Gasteiger partial charge in [-0.1, -0.05) is 29.7 Å². The van der Waals surface area contributed by atoms with Crippen molar-refractivity contribution in [1.29, 1.82) is 0 Å². The highest BCUT2D eigenvalue weighted by atomic mass is 19.4. The number of aliphatic imine (C=N–C) groups is 1. The predicted octanol–water partition coefficient (Wildman–Crippen LogP) is 1.31. The van der Waals surface area contributed by atoms with E-state index in [1.807, 2.05) is 0 Å². The minimum Gasteiger partial charge on any atom is -0.382 e. The molecule has 1 aromatic carbocycles. The van der Waals surface area contributed by atoms with Crippen molar-refractivity contribution in [3.8, 4) is 0 Å². The first-order valence-electron chi connectivity index (χ1n) is 5.70. The minimum atomic E-state index is -5.28. The largest absolute Gasteiger partial charge is 0.456 e. The Morgan fingerprint density at radius 1 is 1.40 bits per heavy atom. The van der Waals surface area contributed by atoms with Gasteiger partial charge >= 0.3 is 12.0 Å². The lowest BCUT2D eigenvalue weighted by Gasteiger charge is -2.38.